The SMILES string of the molecule is COc1cccc(C(C)C(=O)NC(C)c2nc(C)c(C(=O)O)s2)c1. The molecule has 0 fully saturated rings. The van der Waals surface area contributed by atoms with Gasteiger partial charge in [-0.2, -0.15) is 0 Å². The van der Waals surface area contributed by atoms with E-state index in [4.69, 9.17) is 9.84 Å². The second-order valence-corrected chi connectivity index (χ2v) is 6.53. The van der Waals surface area contributed by atoms with Crippen molar-refractivity contribution in [3.63, 3.8) is 0 Å². The summed E-state index contributed by atoms with van der Waals surface area (Å²) >= 11 is 1.09. The highest BCUT2D eigenvalue weighted by molar-refractivity contribution is 7.13. The molecule has 2 N–H and O–H groups in total. The first-order chi connectivity index (χ1) is 11.3. The first-order valence-electron chi connectivity index (χ1n) is 7.48. The van der Waals surface area contributed by atoms with Crippen molar-refractivity contribution in [2.45, 2.75) is 32.7 Å². The van der Waals surface area contributed by atoms with Crippen LogP contribution in [0, 0.1) is 6.92 Å². The number of carboxylic acid groups (broad SMARTS) is 1. The molecule has 2 atom stereocenters. The molecule has 6 nitrogen and oxygen atoms in total. The fourth-order valence-electron chi connectivity index (χ4n) is 2.26. The Hall–Kier alpha value is -2.41. The molecule has 2 rings (SSSR count). The molecule has 7 heteroatoms. The number of methoxy groups -OCH3 is 1. The molecule has 0 saturated carbocycles. The van der Waals surface area contributed by atoms with Crippen LogP contribution < -0.4 is 10.1 Å². The van der Waals surface area contributed by atoms with Gasteiger partial charge in [0.15, 0.2) is 0 Å². The molecule has 0 bridgehead atoms. The van der Waals surface area contributed by atoms with Crippen molar-refractivity contribution < 1.29 is 19.4 Å². The number of hydrogen-bond acceptors (Lipinski definition) is 5. The summed E-state index contributed by atoms with van der Waals surface area (Å²) in [5, 5.41) is 12.6. The van der Waals surface area contributed by atoms with Crippen molar-refractivity contribution in [3.8, 4) is 5.75 Å². The molecule has 0 aliphatic rings. The second-order valence-electron chi connectivity index (χ2n) is 5.50. The van der Waals surface area contributed by atoms with Crippen molar-refractivity contribution in [1.82, 2.24) is 10.3 Å². The van der Waals surface area contributed by atoms with Crippen molar-refractivity contribution in [3.05, 3.63) is 45.4 Å². The predicted octanol–water partition coefficient (Wildman–Crippen LogP) is 3.14. The number of aromatic nitrogens is 1. The Morgan fingerprint density at radius 3 is 2.62 bits per heavy atom. The number of benzene rings is 1. The maximum Gasteiger partial charge on any atom is 0.347 e. The van der Waals surface area contributed by atoms with E-state index in [0.29, 0.717) is 16.5 Å². The van der Waals surface area contributed by atoms with Crippen molar-refractivity contribution in [2.75, 3.05) is 7.11 Å². The Morgan fingerprint density at radius 1 is 1.33 bits per heavy atom. The third-order valence-corrected chi connectivity index (χ3v) is 5.05. The van der Waals surface area contributed by atoms with Gasteiger partial charge in [0.1, 0.15) is 15.6 Å². The fourth-order valence-corrected chi connectivity index (χ4v) is 3.17. The number of thiazole rings is 1. The highest BCUT2D eigenvalue weighted by Gasteiger charge is 2.22. The molecule has 1 amide bonds. The summed E-state index contributed by atoms with van der Waals surface area (Å²) < 4.78 is 5.18. The number of hydrogen-bond donors (Lipinski definition) is 2. The van der Waals surface area contributed by atoms with Gasteiger partial charge in [-0.3, -0.25) is 4.79 Å². The number of carbonyl (C=O) groups is 2. The van der Waals surface area contributed by atoms with Crippen molar-refractivity contribution in [1.29, 1.82) is 0 Å². The summed E-state index contributed by atoms with van der Waals surface area (Å²) in [5.41, 5.74) is 1.31. The van der Waals surface area contributed by atoms with Gasteiger partial charge in [-0.25, -0.2) is 9.78 Å². The topological polar surface area (TPSA) is 88.5 Å². The Labute approximate surface area is 144 Å². The highest BCUT2D eigenvalue weighted by Crippen LogP contribution is 2.25. The molecule has 128 valence electrons. The largest absolute Gasteiger partial charge is 0.497 e. The summed E-state index contributed by atoms with van der Waals surface area (Å²) in [6, 6.07) is 6.99. The number of nitrogens with zero attached hydrogens (tertiary/aromatic N) is 1. The molecule has 0 spiro atoms. The van der Waals surface area contributed by atoms with E-state index in [-0.39, 0.29) is 22.7 Å². The lowest BCUT2D eigenvalue weighted by Crippen LogP contribution is -2.30. The minimum atomic E-state index is -1.00. The van der Waals surface area contributed by atoms with E-state index in [1.165, 1.54) is 0 Å². The van der Waals surface area contributed by atoms with E-state index in [1.807, 2.05) is 31.2 Å². The average molecular weight is 348 g/mol. The maximum absolute atomic E-state index is 12.5. The van der Waals surface area contributed by atoms with E-state index >= 15 is 0 Å². The van der Waals surface area contributed by atoms with Crippen LogP contribution in [0.1, 0.15) is 51.7 Å². The molecule has 1 aromatic heterocycles. The Kier molecular flexibility index (Phi) is 5.56. The lowest BCUT2D eigenvalue weighted by molar-refractivity contribution is -0.122. The monoisotopic (exact) mass is 348 g/mol. The van der Waals surface area contributed by atoms with Crippen LogP contribution in [0.2, 0.25) is 0 Å². The molecule has 0 aliphatic heterocycles. The van der Waals surface area contributed by atoms with E-state index < -0.39 is 5.97 Å². The van der Waals surface area contributed by atoms with Crippen molar-refractivity contribution >= 4 is 23.2 Å². The Balaban J connectivity index is 2.10. The molecular weight excluding hydrogens is 328 g/mol. The molecule has 2 aromatic rings. The fraction of sp³-hybridized carbons (Fsp3) is 0.353. The standard InChI is InChI=1S/C17H20N2O4S/c1-9(12-6-5-7-13(8-12)23-4)15(20)18-11(3)16-19-10(2)14(24-16)17(21)22/h5-9,11H,1-4H3,(H,18,20)(H,21,22). The van der Waals surface area contributed by atoms with Crippen LogP contribution in [0.3, 0.4) is 0 Å². The van der Waals surface area contributed by atoms with Crippen molar-refractivity contribution in [2.24, 2.45) is 0 Å². The highest BCUT2D eigenvalue weighted by atomic mass is 32.1. The van der Waals surface area contributed by atoms with Gasteiger partial charge in [-0.05, 0) is 38.5 Å². The lowest BCUT2D eigenvalue weighted by atomic mass is 10.00. The van der Waals surface area contributed by atoms with Crippen LogP contribution in [0.5, 0.6) is 5.75 Å². The van der Waals surface area contributed by atoms with Crippen LogP contribution in [-0.4, -0.2) is 29.1 Å². The third-order valence-electron chi connectivity index (χ3n) is 3.72. The van der Waals surface area contributed by atoms with E-state index in [0.717, 1.165) is 16.9 Å². The predicted molar refractivity (Wildman–Crippen MR) is 91.8 cm³/mol. The van der Waals surface area contributed by atoms with Crippen LogP contribution in [0.25, 0.3) is 0 Å². The van der Waals surface area contributed by atoms with Gasteiger partial charge >= 0.3 is 5.97 Å². The third kappa shape index (κ3) is 3.91. The average Bonchev–Trinajstić information content (AvgIpc) is 2.96. The first-order valence-corrected chi connectivity index (χ1v) is 8.30. The second kappa shape index (κ2) is 7.44. The normalized spacial score (nSPS) is 13.2. The minimum Gasteiger partial charge on any atom is -0.497 e. The number of carboxylic acids is 1. The van der Waals surface area contributed by atoms with Gasteiger partial charge in [-0.15, -0.1) is 11.3 Å². The van der Waals surface area contributed by atoms with Gasteiger partial charge in [0.25, 0.3) is 0 Å². The number of nitrogens with one attached hydrogen (secondary N) is 1. The van der Waals surface area contributed by atoms with Crippen LogP contribution in [0.15, 0.2) is 24.3 Å². The van der Waals surface area contributed by atoms with Crippen LogP contribution >= 0.6 is 11.3 Å². The number of aryl methyl sites for hydroxylation is 1. The quantitative estimate of drug-likeness (QED) is 0.837. The number of rotatable bonds is 6. The lowest BCUT2D eigenvalue weighted by Gasteiger charge is -2.16. The first kappa shape index (κ1) is 17.9. The van der Waals surface area contributed by atoms with E-state index in [9.17, 15) is 9.59 Å². The molecule has 1 heterocycles. The number of ether oxygens (including phenoxy) is 1. The zero-order chi connectivity index (χ0) is 17.9. The summed E-state index contributed by atoms with van der Waals surface area (Å²) in [6.45, 7) is 5.25. The van der Waals surface area contributed by atoms with Gasteiger partial charge in [0.05, 0.1) is 24.8 Å². The van der Waals surface area contributed by atoms with Crippen LogP contribution in [-0.2, 0) is 4.79 Å². The summed E-state index contributed by atoms with van der Waals surface area (Å²) in [5.74, 6) is -0.815. The molecule has 24 heavy (non-hydrogen) atoms. The Bertz CT molecular complexity index is 757. The van der Waals surface area contributed by atoms with E-state index in [1.54, 1.807) is 21.0 Å². The smallest absolute Gasteiger partial charge is 0.347 e. The van der Waals surface area contributed by atoms with Gasteiger partial charge < -0.3 is 15.2 Å². The number of carbonyl (C=O) groups excluding carboxylic acids is 1. The number of amides is 1. The zero-order valence-electron chi connectivity index (χ0n) is 14.0. The summed E-state index contributed by atoms with van der Waals surface area (Å²) in [4.78, 5) is 28.0. The van der Waals surface area contributed by atoms with Gasteiger partial charge in [0.2, 0.25) is 5.91 Å². The molecule has 0 aliphatic carbocycles. The molecule has 0 saturated heterocycles. The van der Waals surface area contributed by atoms with Crippen LogP contribution in [0.4, 0.5) is 0 Å². The summed E-state index contributed by atoms with van der Waals surface area (Å²) in [7, 11) is 1.58. The molecule has 0 radical (unpaired) electrons. The molecule has 2 unspecified atom stereocenters. The molecule has 1 aromatic carbocycles. The summed E-state index contributed by atoms with van der Waals surface area (Å²) in [6.07, 6.45) is 0. The van der Waals surface area contributed by atoms with Gasteiger partial charge in [-0.1, -0.05) is 12.1 Å². The van der Waals surface area contributed by atoms with E-state index in [2.05, 4.69) is 10.3 Å². The Morgan fingerprint density at radius 2 is 2.04 bits per heavy atom. The molecular formula is C17H20N2O4S. The van der Waals surface area contributed by atoms with Gasteiger partial charge in [0, 0.05) is 0 Å². The zero-order valence-corrected chi connectivity index (χ0v) is 14.8. The number of aromatic carboxylic acids is 1. The minimum absolute atomic E-state index is 0.152. The maximum atomic E-state index is 12.5.